The van der Waals surface area contributed by atoms with Crippen molar-refractivity contribution in [2.24, 2.45) is 0 Å². The van der Waals surface area contributed by atoms with Crippen LogP contribution in [0, 0.1) is 0 Å². The Hall–Kier alpha value is -2.15. The second-order valence-electron chi connectivity index (χ2n) is 6.09. The second kappa shape index (κ2) is 6.54. The van der Waals surface area contributed by atoms with Crippen LogP contribution in [0.1, 0.15) is 47.3 Å². The maximum atomic E-state index is 11.5. The molecule has 2 aromatic rings. The molecular formula is C16H22N4O3. The summed E-state index contributed by atoms with van der Waals surface area (Å²) < 4.78 is 7.04. The van der Waals surface area contributed by atoms with Crippen LogP contribution in [0.4, 0.5) is 0 Å². The van der Waals surface area contributed by atoms with Crippen LogP contribution >= 0.6 is 0 Å². The van der Waals surface area contributed by atoms with Crippen LogP contribution in [-0.2, 0) is 25.9 Å². The minimum absolute atomic E-state index is 0.214. The van der Waals surface area contributed by atoms with Crippen molar-refractivity contribution in [2.45, 2.75) is 51.7 Å². The molecule has 1 N–H and O–H groups in total. The number of fused-ring (bicyclic) bond motifs is 1. The van der Waals surface area contributed by atoms with Crippen molar-refractivity contribution in [3.8, 4) is 0 Å². The zero-order valence-electron chi connectivity index (χ0n) is 13.5. The summed E-state index contributed by atoms with van der Waals surface area (Å²) in [5, 5.41) is 17.5. The van der Waals surface area contributed by atoms with E-state index in [0.717, 1.165) is 42.8 Å². The van der Waals surface area contributed by atoms with E-state index < -0.39 is 5.97 Å². The standard InChI is InChI=1S/C16H22N4O3/c1-3-8-20-14-5-4-11(9-13(14)15(18-20)16(21)22)19(2)10-12-6-7-17-23-12/h6-7,11H,3-5,8-10H2,1-2H3,(H,21,22)/t11-/m0/s1. The first-order valence-corrected chi connectivity index (χ1v) is 8.01. The normalized spacial score (nSPS) is 17.4. The van der Waals surface area contributed by atoms with E-state index in [2.05, 4.69) is 22.1 Å². The fourth-order valence-corrected chi connectivity index (χ4v) is 3.31. The number of likely N-dealkylation sites (N-methyl/N-ethyl adjacent to an activating group) is 1. The number of aryl methyl sites for hydroxylation is 1. The molecule has 2 heterocycles. The number of nitrogens with zero attached hydrogens (tertiary/aromatic N) is 4. The van der Waals surface area contributed by atoms with Crippen LogP contribution in [0.5, 0.6) is 0 Å². The number of hydrogen-bond donors (Lipinski definition) is 1. The minimum Gasteiger partial charge on any atom is -0.476 e. The summed E-state index contributed by atoms with van der Waals surface area (Å²) in [4.78, 5) is 13.7. The van der Waals surface area contributed by atoms with Gasteiger partial charge in [-0.25, -0.2) is 4.79 Å². The quantitative estimate of drug-likeness (QED) is 0.876. The molecule has 7 nitrogen and oxygen atoms in total. The Bertz CT molecular complexity index is 678. The van der Waals surface area contributed by atoms with Crippen molar-refractivity contribution in [1.29, 1.82) is 0 Å². The monoisotopic (exact) mass is 318 g/mol. The molecule has 3 rings (SSSR count). The number of hydrogen-bond acceptors (Lipinski definition) is 5. The minimum atomic E-state index is -0.936. The number of carbonyl (C=O) groups is 1. The molecular weight excluding hydrogens is 296 g/mol. The van der Waals surface area contributed by atoms with Crippen LogP contribution in [0.3, 0.4) is 0 Å². The van der Waals surface area contributed by atoms with Gasteiger partial charge in [0.2, 0.25) is 0 Å². The van der Waals surface area contributed by atoms with Gasteiger partial charge in [-0.1, -0.05) is 12.1 Å². The molecule has 0 saturated carbocycles. The number of aromatic carboxylic acids is 1. The van der Waals surface area contributed by atoms with Crippen LogP contribution in [0.25, 0.3) is 0 Å². The van der Waals surface area contributed by atoms with Gasteiger partial charge in [-0.15, -0.1) is 0 Å². The molecule has 1 atom stereocenters. The third-order valence-corrected chi connectivity index (χ3v) is 4.48. The maximum absolute atomic E-state index is 11.5. The molecule has 1 aliphatic carbocycles. The molecule has 0 bridgehead atoms. The Balaban J connectivity index is 1.80. The first kappa shape index (κ1) is 15.7. The summed E-state index contributed by atoms with van der Waals surface area (Å²) in [7, 11) is 2.04. The summed E-state index contributed by atoms with van der Waals surface area (Å²) in [6, 6.07) is 2.14. The Morgan fingerprint density at radius 3 is 3.04 bits per heavy atom. The summed E-state index contributed by atoms with van der Waals surface area (Å²) in [6.45, 7) is 3.52. The zero-order valence-corrected chi connectivity index (χ0v) is 13.5. The van der Waals surface area contributed by atoms with Gasteiger partial charge in [0, 0.05) is 29.9 Å². The molecule has 0 spiro atoms. The lowest BCUT2D eigenvalue weighted by Crippen LogP contribution is -2.36. The predicted molar refractivity (Wildman–Crippen MR) is 83.3 cm³/mol. The van der Waals surface area contributed by atoms with Gasteiger partial charge in [0.15, 0.2) is 11.5 Å². The molecule has 0 fully saturated rings. The highest BCUT2D eigenvalue weighted by Crippen LogP contribution is 2.28. The topological polar surface area (TPSA) is 84.4 Å². The predicted octanol–water partition coefficient (Wildman–Crippen LogP) is 1.97. The smallest absolute Gasteiger partial charge is 0.356 e. The molecule has 2 aromatic heterocycles. The zero-order chi connectivity index (χ0) is 16.4. The molecule has 0 saturated heterocycles. The highest BCUT2D eigenvalue weighted by Gasteiger charge is 2.30. The van der Waals surface area contributed by atoms with E-state index >= 15 is 0 Å². The Kier molecular flexibility index (Phi) is 4.47. The highest BCUT2D eigenvalue weighted by atomic mass is 16.5. The lowest BCUT2D eigenvalue weighted by molar-refractivity contribution is 0.0687. The van der Waals surface area contributed by atoms with Gasteiger partial charge in [0.05, 0.1) is 12.7 Å². The summed E-state index contributed by atoms with van der Waals surface area (Å²) >= 11 is 0. The average molecular weight is 318 g/mol. The van der Waals surface area contributed by atoms with Crippen molar-refractivity contribution in [2.75, 3.05) is 7.05 Å². The maximum Gasteiger partial charge on any atom is 0.356 e. The third kappa shape index (κ3) is 3.14. The van der Waals surface area contributed by atoms with Gasteiger partial charge in [0.25, 0.3) is 0 Å². The van der Waals surface area contributed by atoms with Crippen molar-refractivity contribution < 1.29 is 14.4 Å². The number of aromatic nitrogens is 3. The average Bonchev–Trinajstić information content (AvgIpc) is 3.15. The summed E-state index contributed by atoms with van der Waals surface area (Å²) in [5.74, 6) is -0.118. The van der Waals surface area contributed by atoms with E-state index in [9.17, 15) is 9.90 Å². The van der Waals surface area contributed by atoms with E-state index in [0.29, 0.717) is 13.0 Å². The summed E-state index contributed by atoms with van der Waals surface area (Å²) in [5.41, 5.74) is 2.20. The van der Waals surface area contributed by atoms with Crippen LogP contribution < -0.4 is 0 Å². The van der Waals surface area contributed by atoms with Gasteiger partial charge >= 0.3 is 5.97 Å². The van der Waals surface area contributed by atoms with Crippen LogP contribution in [0.15, 0.2) is 16.8 Å². The second-order valence-corrected chi connectivity index (χ2v) is 6.09. The van der Waals surface area contributed by atoms with E-state index in [1.807, 2.05) is 17.8 Å². The first-order valence-electron chi connectivity index (χ1n) is 8.01. The molecule has 0 unspecified atom stereocenters. The Morgan fingerprint density at radius 1 is 1.57 bits per heavy atom. The first-order chi connectivity index (χ1) is 11.1. The number of carboxylic acids is 1. The van der Waals surface area contributed by atoms with Crippen molar-refractivity contribution in [3.05, 3.63) is 35.0 Å². The largest absolute Gasteiger partial charge is 0.476 e. The van der Waals surface area contributed by atoms with E-state index in [-0.39, 0.29) is 11.7 Å². The molecule has 124 valence electrons. The van der Waals surface area contributed by atoms with Crippen LogP contribution in [0.2, 0.25) is 0 Å². The lowest BCUT2D eigenvalue weighted by Gasteiger charge is -2.31. The molecule has 0 aliphatic heterocycles. The fraction of sp³-hybridized carbons (Fsp3) is 0.562. The Labute approximate surface area is 134 Å². The summed E-state index contributed by atoms with van der Waals surface area (Å²) in [6.07, 6.45) is 5.15. The van der Waals surface area contributed by atoms with Gasteiger partial charge in [-0.3, -0.25) is 9.58 Å². The third-order valence-electron chi connectivity index (χ3n) is 4.48. The van der Waals surface area contributed by atoms with E-state index in [4.69, 9.17) is 4.52 Å². The number of rotatable bonds is 6. The molecule has 0 radical (unpaired) electrons. The van der Waals surface area contributed by atoms with Crippen LogP contribution in [-0.4, -0.2) is 44.0 Å². The number of carboxylic acid groups (broad SMARTS) is 1. The van der Waals surface area contributed by atoms with Gasteiger partial charge in [-0.2, -0.15) is 5.10 Å². The Morgan fingerprint density at radius 2 is 2.39 bits per heavy atom. The molecule has 23 heavy (non-hydrogen) atoms. The van der Waals surface area contributed by atoms with Crippen molar-refractivity contribution in [1.82, 2.24) is 19.8 Å². The molecule has 0 aromatic carbocycles. The molecule has 7 heteroatoms. The van der Waals surface area contributed by atoms with E-state index in [1.165, 1.54) is 0 Å². The molecule has 0 amide bonds. The van der Waals surface area contributed by atoms with Gasteiger partial charge < -0.3 is 9.63 Å². The highest BCUT2D eigenvalue weighted by molar-refractivity contribution is 5.87. The van der Waals surface area contributed by atoms with E-state index in [1.54, 1.807) is 6.20 Å². The van der Waals surface area contributed by atoms with Crippen molar-refractivity contribution >= 4 is 5.97 Å². The van der Waals surface area contributed by atoms with Gasteiger partial charge in [0.1, 0.15) is 0 Å². The SMILES string of the molecule is CCCn1nc(C(=O)O)c2c1CC[C@H](N(C)Cc1ccno1)C2. The fourth-order valence-electron chi connectivity index (χ4n) is 3.31. The van der Waals surface area contributed by atoms with Gasteiger partial charge in [-0.05, 0) is 32.7 Å². The molecule has 1 aliphatic rings. The lowest BCUT2D eigenvalue weighted by atomic mass is 9.90. The van der Waals surface area contributed by atoms with Crippen molar-refractivity contribution in [3.63, 3.8) is 0 Å².